The van der Waals surface area contributed by atoms with Crippen molar-refractivity contribution in [3.63, 3.8) is 0 Å². The molecule has 1 aliphatic heterocycles. The molecule has 2 N–H and O–H groups in total. The Hall–Kier alpha value is -4.96. The summed E-state index contributed by atoms with van der Waals surface area (Å²) in [5.74, 6) is -3.29. The van der Waals surface area contributed by atoms with Gasteiger partial charge >= 0.3 is 6.09 Å². The van der Waals surface area contributed by atoms with Crippen LogP contribution in [0.1, 0.15) is 59.2 Å². The van der Waals surface area contributed by atoms with Gasteiger partial charge in [0.05, 0.1) is 54.7 Å². The lowest BCUT2D eigenvalue weighted by Crippen LogP contribution is -2.32. The lowest BCUT2D eigenvalue weighted by molar-refractivity contribution is 0.0634. The average Bonchev–Trinajstić information content (AvgIpc) is 3.57. The number of H-pyrrole nitrogens is 1. The molecule has 0 fully saturated rings. The second kappa shape index (κ2) is 11.1. The van der Waals surface area contributed by atoms with Gasteiger partial charge < -0.3 is 19.4 Å². The van der Waals surface area contributed by atoms with E-state index in [0.29, 0.717) is 22.2 Å². The molecule has 1 aliphatic rings. The number of nitriles is 1. The van der Waals surface area contributed by atoms with E-state index < -0.39 is 53.7 Å². The zero-order valence-corrected chi connectivity index (χ0v) is 22.8. The molecule has 4 heterocycles. The van der Waals surface area contributed by atoms with Gasteiger partial charge in [0.25, 0.3) is 5.91 Å². The quantitative estimate of drug-likeness (QED) is 0.310. The second-order valence-electron chi connectivity index (χ2n) is 10.6. The minimum atomic E-state index is -1.03. The number of carbonyl (C=O) groups is 2. The minimum Gasteiger partial charge on any atom is -0.444 e. The first kappa shape index (κ1) is 28.6. The molecule has 3 aromatic heterocycles. The number of nitrogens with one attached hydrogen (secondary N) is 2. The van der Waals surface area contributed by atoms with Gasteiger partial charge in [-0.3, -0.25) is 15.1 Å². The fourth-order valence-electron chi connectivity index (χ4n) is 4.53. The molecule has 0 saturated carbocycles. The fourth-order valence-corrected chi connectivity index (χ4v) is 4.53. The number of carbonyl (C=O) groups excluding carboxylic acids is 2. The molecule has 0 saturated heterocycles. The van der Waals surface area contributed by atoms with Crippen LogP contribution in [0, 0.1) is 28.8 Å². The fraction of sp³-hybridized carbons (Fsp3) is 0.276. The van der Waals surface area contributed by atoms with Crippen molar-refractivity contribution in [3.05, 3.63) is 87.6 Å². The number of aromatic nitrogens is 3. The maximum atomic E-state index is 14.8. The maximum absolute atomic E-state index is 14.8. The Labute approximate surface area is 238 Å². The van der Waals surface area contributed by atoms with Crippen molar-refractivity contribution >= 4 is 28.9 Å². The Morgan fingerprint density at radius 2 is 1.83 bits per heavy atom. The van der Waals surface area contributed by atoms with Gasteiger partial charge in [-0.25, -0.2) is 22.9 Å². The van der Waals surface area contributed by atoms with Gasteiger partial charge in [0.1, 0.15) is 34.6 Å². The van der Waals surface area contributed by atoms with Gasteiger partial charge in [0.2, 0.25) is 0 Å². The summed E-state index contributed by atoms with van der Waals surface area (Å²) >= 11 is 0. The van der Waals surface area contributed by atoms with E-state index in [1.54, 1.807) is 26.8 Å². The molecule has 13 heteroatoms. The predicted octanol–water partition coefficient (Wildman–Crippen LogP) is 5.47. The smallest absolute Gasteiger partial charge is 0.413 e. The van der Waals surface area contributed by atoms with Gasteiger partial charge in [0.15, 0.2) is 0 Å². The summed E-state index contributed by atoms with van der Waals surface area (Å²) in [6, 6.07) is 7.34. The number of nitrogens with zero attached hydrogens (tertiary/aromatic N) is 4. The molecule has 216 valence electrons. The van der Waals surface area contributed by atoms with Crippen molar-refractivity contribution in [3.8, 4) is 6.07 Å². The summed E-state index contributed by atoms with van der Waals surface area (Å²) in [4.78, 5) is 38.7. The van der Waals surface area contributed by atoms with Crippen LogP contribution in [0.3, 0.4) is 0 Å². The molecule has 10 nitrogen and oxygen atoms in total. The summed E-state index contributed by atoms with van der Waals surface area (Å²) in [6.45, 7) is 4.49. The summed E-state index contributed by atoms with van der Waals surface area (Å²) in [6.07, 6.45) is 0.615. The largest absolute Gasteiger partial charge is 0.444 e. The monoisotopic (exact) mass is 578 g/mol. The number of amides is 2. The van der Waals surface area contributed by atoms with Crippen LogP contribution in [-0.4, -0.2) is 37.5 Å². The van der Waals surface area contributed by atoms with E-state index in [1.165, 1.54) is 18.3 Å². The van der Waals surface area contributed by atoms with E-state index in [2.05, 4.69) is 20.3 Å². The van der Waals surface area contributed by atoms with E-state index in [0.717, 1.165) is 23.1 Å². The molecule has 0 unspecified atom stereocenters. The lowest BCUT2D eigenvalue weighted by Gasteiger charge is -2.23. The number of ether oxygens (including phenoxy) is 2. The van der Waals surface area contributed by atoms with Crippen molar-refractivity contribution in [2.45, 2.75) is 52.7 Å². The first-order chi connectivity index (χ1) is 19.9. The van der Waals surface area contributed by atoms with Crippen LogP contribution < -0.4 is 5.32 Å². The minimum absolute atomic E-state index is 0.00758. The molecule has 0 aliphatic carbocycles. The van der Waals surface area contributed by atoms with Crippen LogP contribution in [0.5, 0.6) is 0 Å². The second-order valence-corrected chi connectivity index (χ2v) is 10.6. The molecule has 2 amide bonds. The highest BCUT2D eigenvalue weighted by atomic mass is 19.1. The number of anilines is 1. The first-order valence-electron chi connectivity index (χ1n) is 12.8. The predicted molar refractivity (Wildman–Crippen MR) is 143 cm³/mol. The van der Waals surface area contributed by atoms with Gasteiger partial charge in [0, 0.05) is 22.9 Å². The normalized spacial score (nSPS) is 12.6. The van der Waals surface area contributed by atoms with Crippen molar-refractivity contribution in [2.24, 2.45) is 0 Å². The number of halogens is 3. The van der Waals surface area contributed by atoms with E-state index in [4.69, 9.17) is 14.7 Å². The van der Waals surface area contributed by atoms with E-state index in [-0.39, 0.29) is 36.0 Å². The van der Waals surface area contributed by atoms with Crippen LogP contribution in [0.15, 0.2) is 36.5 Å². The third kappa shape index (κ3) is 5.89. The number of aromatic amines is 1. The summed E-state index contributed by atoms with van der Waals surface area (Å²) in [5, 5.41) is 11.7. The van der Waals surface area contributed by atoms with E-state index >= 15 is 0 Å². The number of benzene rings is 1. The topological polar surface area (TPSA) is 133 Å². The van der Waals surface area contributed by atoms with Crippen LogP contribution in [-0.2, 0) is 35.8 Å². The average molecular weight is 579 g/mol. The van der Waals surface area contributed by atoms with Crippen LogP contribution in [0.25, 0.3) is 11.0 Å². The standard InChI is InChI=1S/C29H25F3N6O4/c1-29(2,3)42-28(40)37-26-18-14-41-13-17(18)25-22(36-26)9-23(35-25)27(39)38(12-24-19(30)5-4-6-34-24)11-16-20(31)7-15(10-33)8-21(16)32/h4-9,35H,11-14H2,1-3H3,(H,36,37,40). The Balaban J connectivity index is 1.53. The van der Waals surface area contributed by atoms with Gasteiger partial charge in [-0.05, 0) is 51.1 Å². The van der Waals surface area contributed by atoms with Crippen LogP contribution in [0.4, 0.5) is 23.8 Å². The Morgan fingerprint density at radius 1 is 1.12 bits per heavy atom. The zero-order chi connectivity index (χ0) is 30.2. The maximum Gasteiger partial charge on any atom is 0.413 e. The summed E-state index contributed by atoms with van der Waals surface area (Å²) in [5.41, 5.74) is 0.474. The highest BCUT2D eigenvalue weighted by Crippen LogP contribution is 2.33. The molecule has 0 bridgehead atoms. The molecule has 0 atom stereocenters. The third-order valence-corrected chi connectivity index (χ3v) is 6.41. The van der Waals surface area contributed by atoms with Crippen LogP contribution in [0.2, 0.25) is 0 Å². The molecule has 1 aromatic carbocycles. The third-order valence-electron chi connectivity index (χ3n) is 6.41. The number of hydrogen-bond acceptors (Lipinski definition) is 7. The van der Waals surface area contributed by atoms with Crippen molar-refractivity contribution in [2.75, 3.05) is 5.32 Å². The van der Waals surface area contributed by atoms with Gasteiger partial charge in [-0.1, -0.05) is 0 Å². The SMILES string of the molecule is CC(C)(C)OC(=O)Nc1nc2cc(C(=O)N(Cc3ncccc3F)Cc3c(F)cc(C#N)cc3F)[nH]c2c2c1COC2. The van der Waals surface area contributed by atoms with E-state index in [9.17, 15) is 22.8 Å². The molecular formula is C29H25F3N6O4. The van der Waals surface area contributed by atoms with Crippen molar-refractivity contribution < 1.29 is 32.2 Å². The lowest BCUT2D eigenvalue weighted by atomic mass is 10.1. The summed E-state index contributed by atoms with van der Waals surface area (Å²) < 4.78 is 55.1. The van der Waals surface area contributed by atoms with Crippen LogP contribution >= 0.6 is 0 Å². The zero-order valence-electron chi connectivity index (χ0n) is 22.8. The van der Waals surface area contributed by atoms with Gasteiger partial charge in [-0.15, -0.1) is 0 Å². The molecule has 4 aromatic rings. The van der Waals surface area contributed by atoms with Crippen molar-refractivity contribution in [1.29, 1.82) is 5.26 Å². The van der Waals surface area contributed by atoms with Crippen molar-refractivity contribution in [1.82, 2.24) is 19.9 Å². The van der Waals surface area contributed by atoms with E-state index in [1.807, 2.05) is 0 Å². The molecule has 0 spiro atoms. The Bertz CT molecular complexity index is 1740. The first-order valence-corrected chi connectivity index (χ1v) is 12.8. The Kier molecular flexibility index (Phi) is 7.57. The highest BCUT2D eigenvalue weighted by Gasteiger charge is 2.28. The molecule has 0 radical (unpaired) electrons. The highest BCUT2D eigenvalue weighted by molar-refractivity contribution is 5.99. The number of fused-ring (bicyclic) bond motifs is 3. The number of pyridine rings is 2. The molecule has 42 heavy (non-hydrogen) atoms. The molecular weight excluding hydrogens is 553 g/mol. The number of hydrogen-bond donors (Lipinski definition) is 2. The molecule has 5 rings (SSSR count). The number of rotatable bonds is 6. The summed E-state index contributed by atoms with van der Waals surface area (Å²) in [7, 11) is 0. The van der Waals surface area contributed by atoms with Gasteiger partial charge in [-0.2, -0.15) is 5.26 Å². The Morgan fingerprint density at radius 3 is 2.50 bits per heavy atom.